The molecule has 3 aromatic rings. The van der Waals surface area contributed by atoms with Crippen LogP contribution in [-0.4, -0.2) is 51.3 Å². The molecule has 158 valence electrons. The Morgan fingerprint density at radius 3 is 2.52 bits per heavy atom. The van der Waals surface area contributed by atoms with E-state index in [1.807, 2.05) is 34.9 Å². The number of carboxylic acid groups (broad SMARTS) is 1. The van der Waals surface area contributed by atoms with Crippen molar-refractivity contribution in [3.63, 3.8) is 0 Å². The Hall–Kier alpha value is -3.36. The predicted octanol–water partition coefficient (Wildman–Crippen LogP) is 2.07. The first kappa shape index (κ1) is 22.3. The second kappa shape index (κ2) is 10.1. The van der Waals surface area contributed by atoms with Gasteiger partial charge in [0.05, 0.1) is 35.8 Å². The number of aromatic nitrogens is 2. The summed E-state index contributed by atoms with van der Waals surface area (Å²) < 4.78 is 2.51. The van der Waals surface area contributed by atoms with Gasteiger partial charge >= 0.3 is 5.97 Å². The van der Waals surface area contributed by atoms with Gasteiger partial charge in [-0.15, -0.1) is 0 Å². The number of nitrogens with one attached hydrogen (secondary N) is 2. The lowest BCUT2D eigenvalue weighted by Gasteiger charge is -2.13. The Labute approximate surface area is 189 Å². The average Bonchev–Trinajstić information content (AvgIpc) is 3.14. The molecule has 0 radical (unpaired) electrons. The number of nitrogens with zero attached hydrogens (tertiary/aromatic N) is 3. The summed E-state index contributed by atoms with van der Waals surface area (Å²) in [6.45, 7) is -0.821. The maximum atomic E-state index is 12.1. The Kier molecular flexibility index (Phi) is 7.28. The fourth-order valence-corrected chi connectivity index (χ4v) is 4.20. The normalized spacial score (nSPS) is 10.5. The van der Waals surface area contributed by atoms with Crippen molar-refractivity contribution in [3.8, 4) is 11.8 Å². The minimum atomic E-state index is -1.16. The number of amides is 2. The highest BCUT2D eigenvalue weighted by Gasteiger charge is 2.16. The van der Waals surface area contributed by atoms with Gasteiger partial charge in [-0.2, -0.15) is 5.26 Å². The van der Waals surface area contributed by atoms with E-state index in [4.69, 9.17) is 5.11 Å². The Balaban J connectivity index is 1.74. The van der Waals surface area contributed by atoms with Crippen LogP contribution in [-0.2, 0) is 14.4 Å². The van der Waals surface area contributed by atoms with E-state index >= 15 is 0 Å². The molecule has 0 aliphatic carbocycles. The molecule has 0 unspecified atom stereocenters. The molecule has 11 heteroatoms. The summed E-state index contributed by atoms with van der Waals surface area (Å²) in [5, 5.41) is 24.7. The predicted molar refractivity (Wildman–Crippen MR) is 118 cm³/mol. The van der Waals surface area contributed by atoms with Crippen LogP contribution in [0.2, 0.25) is 0 Å². The maximum Gasteiger partial charge on any atom is 0.322 e. The van der Waals surface area contributed by atoms with Crippen molar-refractivity contribution in [2.75, 3.05) is 18.8 Å². The zero-order chi connectivity index (χ0) is 22.4. The summed E-state index contributed by atoms with van der Waals surface area (Å²) in [7, 11) is 0. The van der Waals surface area contributed by atoms with Crippen molar-refractivity contribution < 1.29 is 19.5 Å². The monoisotopic (exact) mass is 501 g/mol. The molecule has 0 saturated carbocycles. The number of benzene rings is 2. The van der Waals surface area contributed by atoms with Gasteiger partial charge in [-0.3, -0.25) is 19.0 Å². The molecule has 2 amide bonds. The molecule has 0 bridgehead atoms. The van der Waals surface area contributed by atoms with Gasteiger partial charge in [0.15, 0.2) is 5.16 Å². The second-order valence-corrected chi connectivity index (χ2v) is 7.98. The standard InChI is InChI=1S/C20H16BrN5O4S/c21-16-8-25-20(31-11-18(28)23-9-17(27)24-10-19(29)30)26(16)15-6-5-12(7-22)13-3-1-2-4-14(13)15/h1-6,8H,9-11H2,(H,23,28)(H,24,27)(H,29,30). The molecule has 0 saturated heterocycles. The highest BCUT2D eigenvalue weighted by molar-refractivity contribution is 9.10. The van der Waals surface area contributed by atoms with Crippen molar-refractivity contribution in [2.24, 2.45) is 0 Å². The van der Waals surface area contributed by atoms with Gasteiger partial charge in [-0.05, 0) is 28.1 Å². The third-order valence-corrected chi connectivity index (χ3v) is 5.68. The van der Waals surface area contributed by atoms with Crippen molar-refractivity contribution in [1.82, 2.24) is 20.2 Å². The average molecular weight is 502 g/mol. The van der Waals surface area contributed by atoms with Crippen LogP contribution in [0.1, 0.15) is 5.56 Å². The van der Waals surface area contributed by atoms with Crippen molar-refractivity contribution in [2.45, 2.75) is 5.16 Å². The van der Waals surface area contributed by atoms with E-state index in [1.165, 1.54) is 11.8 Å². The van der Waals surface area contributed by atoms with E-state index in [0.29, 0.717) is 15.3 Å². The van der Waals surface area contributed by atoms with E-state index < -0.39 is 24.3 Å². The molecule has 0 atom stereocenters. The molecule has 9 nitrogen and oxygen atoms in total. The van der Waals surface area contributed by atoms with E-state index in [0.717, 1.165) is 16.5 Å². The Bertz CT molecular complexity index is 1200. The number of carboxylic acids is 1. The number of carbonyl (C=O) groups is 3. The Morgan fingerprint density at radius 1 is 1.10 bits per heavy atom. The lowest BCUT2D eigenvalue weighted by Crippen LogP contribution is -2.39. The first-order chi connectivity index (χ1) is 14.9. The number of hydrogen-bond donors (Lipinski definition) is 3. The number of halogens is 1. The number of rotatable bonds is 8. The van der Waals surface area contributed by atoms with Gasteiger partial charge in [0.1, 0.15) is 11.1 Å². The molecule has 31 heavy (non-hydrogen) atoms. The molecule has 0 aliphatic rings. The van der Waals surface area contributed by atoms with E-state index in [9.17, 15) is 19.6 Å². The first-order valence-corrected chi connectivity index (χ1v) is 10.7. The van der Waals surface area contributed by atoms with Crippen molar-refractivity contribution in [1.29, 1.82) is 5.26 Å². The number of hydrogen-bond acceptors (Lipinski definition) is 6. The van der Waals surface area contributed by atoms with Crippen LogP contribution in [0, 0.1) is 11.3 Å². The fourth-order valence-electron chi connectivity index (χ4n) is 2.81. The third kappa shape index (κ3) is 5.42. The van der Waals surface area contributed by atoms with Gasteiger partial charge in [-0.1, -0.05) is 36.0 Å². The highest BCUT2D eigenvalue weighted by atomic mass is 79.9. The van der Waals surface area contributed by atoms with Gasteiger partial charge in [0.2, 0.25) is 11.8 Å². The van der Waals surface area contributed by atoms with Crippen molar-refractivity contribution in [3.05, 3.63) is 52.8 Å². The van der Waals surface area contributed by atoms with Gasteiger partial charge < -0.3 is 15.7 Å². The van der Waals surface area contributed by atoms with Gasteiger partial charge in [0, 0.05) is 10.8 Å². The number of carbonyl (C=O) groups excluding carboxylic acids is 2. The SMILES string of the molecule is N#Cc1ccc(-n2c(Br)cnc2SCC(=O)NCC(=O)NCC(=O)O)c2ccccc12. The lowest BCUT2D eigenvalue weighted by atomic mass is 10.0. The minimum absolute atomic E-state index is 0.00384. The number of fused-ring (bicyclic) bond motifs is 1. The van der Waals surface area contributed by atoms with E-state index in [1.54, 1.807) is 12.3 Å². The largest absolute Gasteiger partial charge is 0.480 e. The summed E-state index contributed by atoms with van der Waals surface area (Å²) in [5.41, 5.74) is 1.36. The molecule has 0 spiro atoms. The van der Waals surface area contributed by atoms with Crippen LogP contribution in [0.25, 0.3) is 16.5 Å². The summed E-state index contributed by atoms with van der Waals surface area (Å²) >= 11 is 4.66. The number of nitriles is 1. The smallest absolute Gasteiger partial charge is 0.322 e. The summed E-state index contributed by atoms with van der Waals surface area (Å²) in [4.78, 5) is 38.4. The number of imidazole rings is 1. The van der Waals surface area contributed by atoms with Crippen molar-refractivity contribution >= 4 is 56.2 Å². The molecule has 3 rings (SSSR count). The summed E-state index contributed by atoms with van der Waals surface area (Å²) in [6, 6.07) is 13.3. The molecular weight excluding hydrogens is 486 g/mol. The molecular formula is C20H16BrN5O4S. The molecule has 0 aliphatic heterocycles. The van der Waals surface area contributed by atoms with Crippen LogP contribution in [0.4, 0.5) is 0 Å². The zero-order valence-corrected chi connectivity index (χ0v) is 18.4. The fraction of sp³-hybridized carbons (Fsp3) is 0.150. The first-order valence-electron chi connectivity index (χ1n) is 8.94. The summed E-state index contributed by atoms with van der Waals surface area (Å²) in [5.74, 6) is -2.15. The van der Waals surface area contributed by atoms with Gasteiger partial charge in [0.25, 0.3) is 0 Å². The highest BCUT2D eigenvalue weighted by Crippen LogP contribution is 2.32. The number of thioether (sulfide) groups is 1. The zero-order valence-electron chi connectivity index (χ0n) is 16.0. The lowest BCUT2D eigenvalue weighted by molar-refractivity contribution is -0.137. The topological polar surface area (TPSA) is 137 Å². The Morgan fingerprint density at radius 2 is 1.81 bits per heavy atom. The second-order valence-electron chi connectivity index (χ2n) is 6.22. The molecule has 3 N–H and O–H groups in total. The van der Waals surface area contributed by atoms with Crippen LogP contribution in [0.3, 0.4) is 0 Å². The molecule has 1 heterocycles. The van der Waals surface area contributed by atoms with Gasteiger partial charge in [-0.25, -0.2) is 4.98 Å². The minimum Gasteiger partial charge on any atom is -0.480 e. The maximum absolute atomic E-state index is 12.1. The number of aliphatic carboxylic acids is 1. The molecule has 1 aromatic heterocycles. The quantitative estimate of drug-likeness (QED) is 0.401. The van der Waals surface area contributed by atoms with Crippen LogP contribution in [0.15, 0.2) is 52.4 Å². The van der Waals surface area contributed by atoms with Crippen LogP contribution >= 0.6 is 27.7 Å². The van der Waals surface area contributed by atoms with Crippen LogP contribution in [0.5, 0.6) is 0 Å². The third-order valence-electron chi connectivity index (χ3n) is 4.16. The molecule has 2 aromatic carbocycles. The van der Waals surface area contributed by atoms with Crippen LogP contribution < -0.4 is 10.6 Å². The van der Waals surface area contributed by atoms with E-state index in [2.05, 4.69) is 37.6 Å². The summed E-state index contributed by atoms with van der Waals surface area (Å²) in [6.07, 6.45) is 1.62. The van der Waals surface area contributed by atoms with E-state index in [-0.39, 0.29) is 12.3 Å². The molecule has 0 fully saturated rings.